The molecule has 0 saturated carbocycles. The molecule has 0 aromatic heterocycles. The van der Waals surface area contributed by atoms with Crippen LogP contribution in [0.15, 0.2) is 24.3 Å². The van der Waals surface area contributed by atoms with Gasteiger partial charge in [-0.1, -0.05) is 18.6 Å². The Hall–Kier alpha value is -0.930. The number of halogens is 1. The fourth-order valence-electron chi connectivity index (χ4n) is 3.00. The first-order valence-electron chi connectivity index (χ1n) is 7.56. The molecule has 1 fully saturated rings. The second-order valence-corrected chi connectivity index (χ2v) is 6.01. The summed E-state index contributed by atoms with van der Waals surface area (Å²) in [4.78, 5) is 4.77. The lowest BCUT2D eigenvalue weighted by molar-refractivity contribution is 0.0938. The Kier molecular flexibility index (Phi) is 5.55. The minimum absolute atomic E-state index is 0.157. The molecule has 2 rings (SSSR count). The van der Waals surface area contributed by atoms with E-state index in [1.807, 2.05) is 12.1 Å². The lowest BCUT2D eigenvalue weighted by atomic mass is 9.95. The van der Waals surface area contributed by atoms with Crippen LogP contribution in [-0.2, 0) is 6.42 Å². The largest absolute Gasteiger partial charge is 0.305 e. The van der Waals surface area contributed by atoms with E-state index >= 15 is 0 Å². The Labute approximate surface area is 122 Å². The summed E-state index contributed by atoms with van der Waals surface area (Å²) in [5.41, 5.74) is 1.21. The average Bonchev–Trinajstić information content (AvgIpc) is 2.46. The first-order chi connectivity index (χ1) is 9.58. The third-order valence-corrected chi connectivity index (χ3v) is 4.37. The van der Waals surface area contributed by atoms with E-state index in [1.54, 1.807) is 12.1 Å². The van der Waals surface area contributed by atoms with E-state index in [4.69, 9.17) is 0 Å². The molecular weight excluding hydrogens is 251 g/mol. The first-order valence-corrected chi connectivity index (χ1v) is 7.56. The molecule has 1 aliphatic heterocycles. The van der Waals surface area contributed by atoms with E-state index in [1.165, 1.54) is 24.8 Å². The van der Waals surface area contributed by atoms with Gasteiger partial charge >= 0.3 is 0 Å². The van der Waals surface area contributed by atoms with Crippen molar-refractivity contribution in [3.8, 4) is 0 Å². The number of benzene rings is 1. The average molecular weight is 277 g/mol. The highest BCUT2D eigenvalue weighted by molar-refractivity contribution is 5.16. The Morgan fingerprint density at radius 3 is 2.65 bits per heavy atom. The van der Waals surface area contributed by atoms with Gasteiger partial charge in [0.15, 0.2) is 0 Å². The molecule has 2 atom stereocenters. The monoisotopic (exact) mass is 277 g/mol. The number of hydrogen-bond donors (Lipinski definition) is 0. The molecule has 1 radical (unpaired) electrons. The molecule has 0 spiro atoms. The molecule has 2 nitrogen and oxygen atoms in total. The van der Waals surface area contributed by atoms with Gasteiger partial charge in [-0.2, -0.15) is 0 Å². The number of piperidine rings is 1. The Bertz CT molecular complexity index is 402. The van der Waals surface area contributed by atoms with Gasteiger partial charge in [-0.05, 0) is 64.5 Å². The maximum atomic E-state index is 12.9. The van der Waals surface area contributed by atoms with Crippen LogP contribution in [0.2, 0.25) is 0 Å². The maximum Gasteiger partial charge on any atom is 0.123 e. The quantitative estimate of drug-likeness (QED) is 0.816. The lowest BCUT2D eigenvalue weighted by Gasteiger charge is -2.41. The summed E-state index contributed by atoms with van der Waals surface area (Å²) in [5, 5.41) is 0. The topological polar surface area (TPSA) is 6.48 Å². The van der Waals surface area contributed by atoms with Gasteiger partial charge in [-0.15, -0.1) is 0 Å². The van der Waals surface area contributed by atoms with Crippen molar-refractivity contribution in [2.45, 2.75) is 37.8 Å². The molecule has 0 amide bonds. The predicted octanol–water partition coefficient (Wildman–Crippen LogP) is 2.99. The van der Waals surface area contributed by atoms with Gasteiger partial charge in [0.05, 0.1) is 0 Å². The van der Waals surface area contributed by atoms with Crippen LogP contribution in [0.3, 0.4) is 0 Å². The molecule has 0 bridgehead atoms. The zero-order valence-corrected chi connectivity index (χ0v) is 12.7. The van der Waals surface area contributed by atoms with Crippen molar-refractivity contribution in [2.75, 3.05) is 27.2 Å². The van der Waals surface area contributed by atoms with Crippen molar-refractivity contribution in [3.63, 3.8) is 0 Å². The van der Waals surface area contributed by atoms with Gasteiger partial charge in [-0.3, -0.25) is 4.90 Å². The Balaban J connectivity index is 1.93. The Morgan fingerprint density at radius 2 is 2.00 bits per heavy atom. The first kappa shape index (κ1) is 15.5. The van der Waals surface area contributed by atoms with Crippen LogP contribution in [0, 0.1) is 12.7 Å². The van der Waals surface area contributed by atoms with Gasteiger partial charge in [0.2, 0.25) is 0 Å². The summed E-state index contributed by atoms with van der Waals surface area (Å²) < 4.78 is 12.9. The van der Waals surface area contributed by atoms with Gasteiger partial charge in [-0.25, -0.2) is 4.39 Å². The SMILES string of the molecule is [CH2]C(C1CCCCN1CCc1ccc(F)cc1)N(C)C. The summed E-state index contributed by atoms with van der Waals surface area (Å²) >= 11 is 0. The smallest absolute Gasteiger partial charge is 0.123 e. The van der Waals surface area contributed by atoms with Crippen LogP contribution in [0.25, 0.3) is 0 Å². The highest BCUT2D eigenvalue weighted by atomic mass is 19.1. The van der Waals surface area contributed by atoms with E-state index in [2.05, 4.69) is 30.8 Å². The number of rotatable bonds is 5. The molecule has 20 heavy (non-hydrogen) atoms. The molecule has 1 aromatic carbocycles. The lowest BCUT2D eigenvalue weighted by Crippen LogP contribution is -2.51. The molecular formula is C17H26FN2. The minimum Gasteiger partial charge on any atom is -0.305 e. The van der Waals surface area contributed by atoms with Crippen LogP contribution >= 0.6 is 0 Å². The zero-order chi connectivity index (χ0) is 14.5. The minimum atomic E-state index is -0.157. The molecule has 1 saturated heterocycles. The molecule has 1 aromatic rings. The van der Waals surface area contributed by atoms with Crippen LogP contribution in [0.4, 0.5) is 4.39 Å². The third kappa shape index (κ3) is 4.03. The predicted molar refractivity (Wildman–Crippen MR) is 82.1 cm³/mol. The van der Waals surface area contributed by atoms with E-state index < -0.39 is 0 Å². The van der Waals surface area contributed by atoms with Crippen molar-refractivity contribution in [2.24, 2.45) is 0 Å². The second-order valence-electron chi connectivity index (χ2n) is 6.01. The van der Waals surface area contributed by atoms with Crippen LogP contribution in [0.1, 0.15) is 24.8 Å². The van der Waals surface area contributed by atoms with Gasteiger partial charge < -0.3 is 4.90 Å². The molecule has 1 aliphatic rings. The highest BCUT2D eigenvalue weighted by Gasteiger charge is 2.27. The number of likely N-dealkylation sites (tertiary alicyclic amines) is 1. The normalized spacial score (nSPS) is 22.1. The van der Waals surface area contributed by atoms with Crippen LogP contribution in [0.5, 0.6) is 0 Å². The van der Waals surface area contributed by atoms with Crippen molar-refractivity contribution in [3.05, 3.63) is 42.6 Å². The van der Waals surface area contributed by atoms with E-state index in [9.17, 15) is 4.39 Å². The molecule has 0 N–H and O–H groups in total. The summed E-state index contributed by atoms with van der Waals surface area (Å²) in [6.07, 6.45) is 4.80. The molecule has 111 valence electrons. The fraction of sp³-hybridized carbons (Fsp3) is 0.588. The van der Waals surface area contributed by atoms with E-state index in [0.29, 0.717) is 12.1 Å². The third-order valence-electron chi connectivity index (χ3n) is 4.37. The van der Waals surface area contributed by atoms with Gasteiger partial charge in [0.25, 0.3) is 0 Å². The molecule has 1 heterocycles. The maximum absolute atomic E-state index is 12.9. The fourth-order valence-corrected chi connectivity index (χ4v) is 3.00. The Morgan fingerprint density at radius 1 is 1.30 bits per heavy atom. The van der Waals surface area contributed by atoms with Crippen LogP contribution in [-0.4, -0.2) is 49.1 Å². The van der Waals surface area contributed by atoms with Gasteiger partial charge in [0.1, 0.15) is 5.82 Å². The number of nitrogens with zero attached hydrogens (tertiary/aromatic N) is 2. The van der Waals surface area contributed by atoms with Crippen molar-refractivity contribution in [1.82, 2.24) is 9.80 Å². The summed E-state index contributed by atoms with van der Waals surface area (Å²) in [6.45, 7) is 6.51. The standard InChI is InChI=1S/C17H26FN2/c1-14(19(2)3)17-6-4-5-12-20(17)13-11-15-7-9-16(18)10-8-15/h7-10,14,17H,1,4-6,11-13H2,2-3H3. The summed E-state index contributed by atoms with van der Waals surface area (Å²) in [6, 6.07) is 7.76. The van der Waals surface area contributed by atoms with Crippen molar-refractivity contribution >= 4 is 0 Å². The van der Waals surface area contributed by atoms with E-state index in [0.717, 1.165) is 19.5 Å². The molecule has 0 aliphatic carbocycles. The highest BCUT2D eigenvalue weighted by Crippen LogP contribution is 2.22. The zero-order valence-electron chi connectivity index (χ0n) is 12.7. The summed E-state index contributed by atoms with van der Waals surface area (Å²) in [5.74, 6) is -0.157. The van der Waals surface area contributed by atoms with Crippen LogP contribution < -0.4 is 0 Å². The number of likely N-dealkylation sites (N-methyl/N-ethyl adjacent to an activating group) is 1. The van der Waals surface area contributed by atoms with Gasteiger partial charge in [0, 0.05) is 18.6 Å². The van der Waals surface area contributed by atoms with Crippen molar-refractivity contribution in [1.29, 1.82) is 0 Å². The molecule has 3 heteroatoms. The molecule has 2 unspecified atom stereocenters. The van der Waals surface area contributed by atoms with Crippen molar-refractivity contribution < 1.29 is 4.39 Å². The number of hydrogen-bond acceptors (Lipinski definition) is 2. The second kappa shape index (κ2) is 7.19. The van der Waals surface area contributed by atoms with E-state index in [-0.39, 0.29) is 5.82 Å². The summed E-state index contributed by atoms with van der Waals surface area (Å²) in [7, 11) is 4.20.